The SMILES string of the molecule is O=C(N[C@H](Cn1ccccc1=O)c1ccccc1)[C@@H](O)c1ccccc1. The fourth-order valence-corrected chi connectivity index (χ4v) is 2.77. The van der Waals surface area contributed by atoms with Crippen LogP contribution in [0.2, 0.25) is 0 Å². The minimum absolute atomic E-state index is 0.147. The third-order valence-electron chi connectivity index (χ3n) is 4.16. The van der Waals surface area contributed by atoms with Crippen molar-refractivity contribution in [3.05, 3.63) is 107 Å². The van der Waals surface area contributed by atoms with Gasteiger partial charge in [0.1, 0.15) is 0 Å². The van der Waals surface area contributed by atoms with E-state index in [4.69, 9.17) is 0 Å². The summed E-state index contributed by atoms with van der Waals surface area (Å²) in [7, 11) is 0. The molecule has 2 N–H and O–H groups in total. The van der Waals surface area contributed by atoms with Crippen molar-refractivity contribution < 1.29 is 9.90 Å². The van der Waals surface area contributed by atoms with Gasteiger partial charge in [0.05, 0.1) is 12.6 Å². The van der Waals surface area contributed by atoms with Crippen molar-refractivity contribution in [2.24, 2.45) is 0 Å². The lowest BCUT2D eigenvalue weighted by Gasteiger charge is -2.22. The number of hydrogen-bond donors (Lipinski definition) is 2. The Morgan fingerprint density at radius 3 is 2.08 bits per heavy atom. The van der Waals surface area contributed by atoms with Crippen molar-refractivity contribution in [1.82, 2.24) is 9.88 Å². The number of nitrogens with zero attached hydrogens (tertiary/aromatic N) is 1. The monoisotopic (exact) mass is 348 g/mol. The highest BCUT2D eigenvalue weighted by molar-refractivity contribution is 5.82. The van der Waals surface area contributed by atoms with Gasteiger partial charge in [0, 0.05) is 12.3 Å². The van der Waals surface area contributed by atoms with Gasteiger partial charge in [-0.25, -0.2) is 0 Å². The quantitative estimate of drug-likeness (QED) is 0.719. The molecular weight excluding hydrogens is 328 g/mol. The van der Waals surface area contributed by atoms with E-state index in [1.54, 1.807) is 42.6 Å². The molecule has 2 atom stereocenters. The molecule has 0 aliphatic heterocycles. The van der Waals surface area contributed by atoms with Crippen LogP contribution in [0.25, 0.3) is 0 Å². The first-order chi connectivity index (χ1) is 12.6. The fourth-order valence-electron chi connectivity index (χ4n) is 2.77. The van der Waals surface area contributed by atoms with E-state index in [0.717, 1.165) is 5.56 Å². The molecule has 0 fully saturated rings. The van der Waals surface area contributed by atoms with Gasteiger partial charge in [-0.15, -0.1) is 0 Å². The smallest absolute Gasteiger partial charge is 0.254 e. The molecule has 0 spiro atoms. The normalized spacial score (nSPS) is 13.0. The van der Waals surface area contributed by atoms with Crippen LogP contribution in [-0.2, 0) is 11.3 Å². The molecule has 1 heterocycles. The number of pyridine rings is 1. The Morgan fingerprint density at radius 1 is 0.885 bits per heavy atom. The topological polar surface area (TPSA) is 71.3 Å². The third-order valence-corrected chi connectivity index (χ3v) is 4.16. The number of aliphatic hydroxyl groups is 1. The lowest BCUT2D eigenvalue weighted by Crippen LogP contribution is -2.36. The Hall–Kier alpha value is -3.18. The van der Waals surface area contributed by atoms with Gasteiger partial charge in [0.25, 0.3) is 11.5 Å². The van der Waals surface area contributed by atoms with Gasteiger partial charge in [-0.05, 0) is 17.2 Å². The molecule has 0 saturated heterocycles. The average Bonchev–Trinajstić information content (AvgIpc) is 2.69. The summed E-state index contributed by atoms with van der Waals surface area (Å²) in [5.74, 6) is -0.506. The van der Waals surface area contributed by atoms with Crippen LogP contribution in [-0.4, -0.2) is 15.6 Å². The molecule has 0 saturated carbocycles. The second-order valence-corrected chi connectivity index (χ2v) is 5.98. The molecule has 2 aromatic carbocycles. The summed E-state index contributed by atoms with van der Waals surface area (Å²) in [6.07, 6.45) is 0.410. The molecular formula is C21H20N2O3. The zero-order valence-corrected chi connectivity index (χ0v) is 14.2. The van der Waals surface area contributed by atoms with Crippen LogP contribution >= 0.6 is 0 Å². The number of carbonyl (C=O) groups is 1. The first kappa shape index (κ1) is 17.6. The lowest BCUT2D eigenvalue weighted by atomic mass is 10.0. The van der Waals surface area contributed by atoms with Crippen LogP contribution in [0, 0.1) is 0 Å². The Balaban J connectivity index is 1.83. The molecule has 0 bridgehead atoms. The van der Waals surface area contributed by atoms with Crippen molar-refractivity contribution >= 4 is 5.91 Å². The number of amides is 1. The number of benzene rings is 2. The summed E-state index contributed by atoms with van der Waals surface area (Å²) in [6, 6.07) is 22.6. The lowest BCUT2D eigenvalue weighted by molar-refractivity contribution is -0.130. The van der Waals surface area contributed by atoms with E-state index in [2.05, 4.69) is 5.32 Å². The highest BCUT2D eigenvalue weighted by Crippen LogP contribution is 2.18. The molecule has 26 heavy (non-hydrogen) atoms. The summed E-state index contributed by atoms with van der Waals surface area (Å²) in [6.45, 7) is 0.275. The van der Waals surface area contributed by atoms with E-state index < -0.39 is 18.1 Å². The Labute approximate surface area is 151 Å². The minimum Gasteiger partial charge on any atom is -0.378 e. The van der Waals surface area contributed by atoms with Gasteiger partial charge in [-0.3, -0.25) is 9.59 Å². The maximum absolute atomic E-state index is 12.6. The molecule has 5 nitrogen and oxygen atoms in total. The number of hydrogen-bond acceptors (Lipinski definition) is 3. The molecule has 3 rings (SSSR count). The van der Waals surface area contributed by atoms with Crippen molar-refractivity contribution in [1.29, 1.82) is 0 Å². The summed E-state index contributed by atoms with van der Waals surface area (Å²) in [4.78, 5) is 24.6. The maximum Gasteiger partial charge on any atom is 0.254 e. The predicted molar refractivity (Wildman–Crippen MR) is 99.4 cm³/mol. The molecule has 1 aromatic heterocycles. The van der Waals surface area contributed by atoms with Crippen molar-refractivity contribution in [3.8, 4) is 0 Å². The van der Waals surface area contributed by atoms with Crippen LogP contribution < -0.4 is 10.9 Å². The third kappa shape index (κ3) is 4.26. The second-order valence-electron chi connectivity index (χ2n) is 5.98. The van der Waals surface area contributed by atoms with Gasteiger partial charge in [-0.2, -0.15) is 0 Å². The number of nitrogens with one attached hydrogen (secondary N) is 1. The first-order valence-corrected chi connectivity index (χ1v) is 8.39. The standard InChI is InChI=1S/C21H20N2O3/c24-19-13-7-8-14-23(19)15-18(16-9-3-1-4-10-16)22-21(26)20(25)17-11-5-2-6-12-17/h1-14,18,20,25H,15H2,(H,22,26)/t18-,20+/m1/s1. The molecule has 0 radical (unpaired) electrons. The van der Waals surface area contributed by atoms with Crippen molar-refractivity contribution in [2.75, 3.05) is 0 Å². The van der Waals surface area contributed by atoms with Gasteiger partial charge in [0.15, 0.2) is 6.10 Å². The molecule has 0 unspecified atom stereocenters. The first-order valence-electron chi connectivity index (χ1n) is 8.39. The van der Waals surface area contributed by atoms with E-state index in [1.165, 1.54) is 10.6 Å². The average molecular weight is 348 g/mol. The van der Waals surface area contributed by atoms with Gasteiger partial charge in [0.2, 0.25) is 0 Å². The highest BCUT2D eigenvalue weighted by atomic mass is 16.3. The zero-order valence-electron chi connectivity index (χ0n) is 14.2. The fraction of sp³-hybridized carbons (Fsp3) is 0.143. The molecule has 3 aromatic rings. The van der Waals surface area contributed by atoms with Crippen LogP contribution in [0.1, 0.15) is 23.3 Å². The van der Waals surface area contributed by atoms with E-state index >= 15 is 0 Å². The summed E-state index contributed by atoms with van der Waals surface area (Å²) < 4.78 is 1.53. The van der Waals surface area contributed by atoms with Crippen LogP contribution in [0.15, 0.2) is 89.9 Å². The number of aromatic nitrogens is 1. The predicted octanol–water partition coefficient (Wildman–Crippen LogP) is 2.44. The van der Waals surface area contributed by atoms with Gasteiger partial charge in [-0.1, -0.05) is 66.7 Å². The minimum atomic E-state index is -1.27. The Kier molecular flexibility index (Phi) is 5.61. The molecule has 132 valence electrons. The molecule has 0 aliphatic carbocycles. The van der Waals surface area contributed by atoms with Crippen molar-refractivity contribution in [3.63, 3.8) is 0 Å². The van der Waals surface area contributed by atoms with Crippen molar-refractivity contribution in [2.45, 2.75) is 18.7 Å². The largest absolute Gasteiger partial charge is 0.378 e. The zero-order chi connectivity index (χ0) is 18.4. The summed E-state index contributed by atoms with van der Waals surface area (Å²) in [5, 5.41) is 13.2. The van der Waals surface area contributed by atoms with E-state index in [9.17, 15) is 14.7 Å². The summed E-state index contributed by atoms with van der Waals surface area (Å²) >= 11 is 0. The molecule has 0 aliphatic rings. The highest BCUT2D eigenvalue weighted by Gasteiger charge is 2.22. The summed E-state index contributed by atoms with van der Waals surface area (Å²) in [5.41, 5.74) is 1.23. The van der Waals surface area contributed by atoms with E-state index in [0.29, 0.717) is 5.56 Å². The maximum atomic E-state index is 12.6. The molecule has 1 amide bonds. The van der Waals surface area contributed by atoms with Gasteiger partial charge >= 0.3 is 0 Å². The number of aliphatic hydroxyl groups excluding tert-OH is 1. The van der Waals surface area contributed by atoms with E-state index in [-0.39, 0.29) is 12.1 Å². The molecule has 5 heteroatoms. The van der Waals surface area contributed by atoms with Crippen LogP contribution in [0.3, 0.4) is 0 Å². The van der Waals surface area contributed by atoms with E-state index in [1.807, 2.05) is 36.4 Å². The Bertz CT molecular complexity index is 907. The van der Waals surface area contributed by atoms with Crippen LogP contribution in [0.4, 0.5) is 0 Å². The van der Waals surface area contributed by atoms with Gasteiger partial charge < -0.3 is 15.0 Å². The Morgan fingerprint density at radius 2 is 1.46 bits per heavy atom. The van der Waals surface area contributed by atoms with Crippen LogP contribution in [0.5, 0.6) is 0 Å². The number of carbonyl (C=O) groups excluding carboxylic acids is 1. The second kappa shape index (κ2) is 8.27. The number of rotatable bonds is 6.